The molecular formula is C25H24N4O2. The zero-order chi connectivity index (χ0) is 21.8. The fourth-order valence-electron chi connectivity index (χ4n) is 3.20. The van der Waals surface area contributed by atoms with Crippen LogP contribution in [0.3, 0.4) is 0 Å². The Bertz CT molecular complexity index is 1090. The SMILES string of the molecule is CC(C)(C)OC(=O)N(c1ccccc1)c1c(-c2ccccc2)nnn1-c1ccccc1. The average Bonchev–Trinajstić information content (AvgIpc) is 3.19. The number of rotatable bonds is 4. The van der Waals surface area contributed by atoms with E-state index in [1.54, 1.807) is 4.68 Å². The monoisotopic (exact) mass is 412 g/mol. The summed E-state index contributed by atoms with van der Waals surface area (Å²) < 4.78 is 7.44. The summed E-state index contributed by atoms with van der Waals surface area (Å²) in [7, 11) is 0. The Labute approximate surface area is 181 Å². The second-order valence-corrected chi connectivity index (χ2v) is 8.03. The Morgan fingerprint density at radius 2 is 1.39 bits per heavy atom. The van der Waals surface area contributed by atoms with Crippen molar-refractivity contribution < 1.29 is 9.53 Å². The van der Waals surface area contributed by atoms with E-state index in [0.29, 0.717) is 17.2 Å². The van der Waals surface area contributed by atoms with Crippen LogP contribution in [0.25, 0.3) is 16.9 Å². The third kappa shape index (κ3) is 4.48. The van der Waals surface area contributed by atoms with Crippen LogP contribution in [0.15, 0.2) is 91.0 Å². The lowest BCUT2D eigenvalue weighted by Crippen LogP contribution is -2.35. The molecule has 6 nitrogen and oxygen atoms in total. The molecule has 6 heteroatoms. The second kappa shape index (κ2) is 8.44. The lowest BCUT2D eigenvalue weighted by Gasteiger charge is -2.28. The number of nitrogens with zero attached hydrogens (tertiary/aromatic N) is 4. The maximum absolute atomic E-state index is 13.5. The highest BCUT2D eigenvalue weighted by Gasteiger charge is 2.31. The minimum atomic E-state index is -0.665. The van der Waals surface area contributed by atoms with E-state index < -0.39 is 11.7 Å². The highest BCUT2D eigenvalue weighted by Crippen LogP contribution is 2.36. The third-order valence-electron chi connectivity index (χ3n) is 4.50. The number of carbonyl (C=O) groups excluding carboxylic acids is 1. The van der Waals surface area contributed by atoms with Crippen molar-refractivity contribution in [3.05, 3.63) is 91.0 Å². The van der Waals surface area contributed by atoms with Crippen molar-refractivity contribution >= 4 is 17.6 Å². The van der Waals surface area contributed by atoms with Crippen LogP contribution in [0.4, 0.5) is 16.3 Å². The van der Waals surface area contributed by atoms with Crippen molar-refractivity contribution in [2.24, 2.45) is 0 Å². The Morgan fingerprint density at radius 3 is 1.97 bits per heavy atom. The maximum atomic E-state index is 13.5. The van der Waals surface area contributed by atoms with Gasteiger partial charge >= 0.3 is 6.09 Å². The van der Waals surface area contributed by atoms with Gasteiger partial charge in [-0.1, -0.05) is 71.9 Å². The predicted octanol–water partition coefficient (Wildman–Crippen LogP) is 6.01. The van der Waals surface area contributed by atoms with Gasteiger partial charge in [-0.2, -0.15) is 4.68 Å². The van der Waals surface area contributed by atoms with E-state index in [2.05, 4.69) is 10.3 Å². The molecule has 0 atom stereocenters. The molecule has 0 unspecified atom stereocenters. The van der Waals surface area contributed by atoms with Gasteiger partial charge in [-0.05, 0) is 45.0 Å². The molecule has 0 aliphatic carbocycles. The van der Waals surface area contributed by atoms with E-state index in [1.807, 2.05) is 112 Å². The first kappa shape index (κ1) is 20.3. The van der Waals surface area contributed by atoms with Crippen LogP contribution in [-0.2, 0) is 4.74 Å². The van der Waals surface area contributed by atoms with Crippen molar-refractivity contribution in [2.45, 2.75) is 26.4 Å². The highest BCUT2D eigenvalue weighted by atomic mass is 16.6. The summed E-state index contributed by atoms with van der Waals surface area (Å²) in [5.41, 5.74) is 2.22. The molecule has 0 radical (unpaired) electrons. The van der Waals surface area contributed by atoms with Crippen LogP contribution in [0.1, 0.15) is 20.8 Å². The quantitative estimate of drug-likeness (QED) is 0.412. The summed E-state index contributed by atoms with van der Waals surface area (Å²) in [6.45, 7) is 5.54. The molecular weight excluding hydrogens is 388 g/mol. The van der Waals surface area contributed by atoms with E-state index in [4.69, 9.17) is 4.74 Å². The van der Waals surface area contributed by atoms with Gasteiger partial charge < -0.3 is 4.74 Å². The number of hydrogen-bond acceptors (Lipinski definition) is 4. The summed E-state index contributed by atoms with van der Waals surface area (Å²) in [4.78, 5) is 15.0. The Balaban J connectivity index is 1.96. The first-order valence-corrected chi connectivity index (χ1v) is 10.1. The second-order valence-electron chi connectivity index (χ2n) is 8.03. The Kier molecular flexibility index (Phi) is 5.54. The summed E-state index contributed by atoms with van der Waals surface area (Å²) in [5.74, 6) is 0.512. The minimum Gasteiger partial charge on any atom is -0.443 e. The fourth-order valence-corrected chi connectivity index (χ4v) is 3.20. The molecule has 3 aromatic carbocycles. The topological polar surface area (TPSA) is 60.2 Å². The Hall–Kier alpha value is -3.93. The molecule has 31 heavy (non-hydrogen) atoms. The number of carbonyl (C=O) groups is 1. The first-order valence-electron chi connectivity index (χ1n) is 10.1. The Morgan fingerprint density at radius 1 is 0.839 bits per heavy atom. The molecule has 0 saturated carbocycles. The van der Waals surface area contributed by atoms with Gasteiger partial charge in [0.25, 0.3) is 0 Å². The first-order chi connectivity index (χ1) is 14.9. The number of ether oxygens (including phenoxy) is 1. The van der Waals surface area contributed by atoms with Crippen molar-refractivity contribution in [3.8, 4) is 16.9 Å². The van der Waals surface area contributed by atoms with E-state index in [1.165, 1.54) is 4.90 Å². The van der Waals surface area contributed by atoms with Crippen LogP contribution < -0.4 is 4.90 Å². The lowest BCUT2D eigenvalue weighted by atomic mass is 10.1. The molecule has 0 bridgehead atoms. The van der Waals surface area contributed by atoms with Gasteiger partial charge in [0.05, 0.1) is 11.4 Å². The van der Waals surface area contributed by atoms with E-state index >= 15 is 0 Å². The van der Waals surface area contributed by atoms with E-state index in [9.17, 15) is 4.79 Å². The minimum absolute atomic E-state index is 0.504. The van der Waals surface area contributed by atoms with Crippen LogP contribution in [0.5, 0.6) is 0 Å². The molecule has 1 heterocycles. The summed E-state index contributed by atoms with van der Waals surface area (Å²) in [6.07, 6.45) is -0.504. The molecule has 0 saturated heterocycles. The molecule has 4 rings (SSSR count). The molecule has 0 fully saturated rings. The van der Waals surface area contributed by atoms with Crippen molar-refractivity contribution in [3.63, 3.8) is 0 Å². The number of aromatic nitrogens is 3. The van der Waals surface area contributed by atoms with Crippen LogP contribution >= 0.6 is 0 Å². The average molecular weight is 412 g/mol. The van der Waals surface area contributed by atoms with Crippen molar-refractivity contribution in [1.82, 2.24) is 15.0 Å². The molecule has 1 amide bonds. The standard InChI is InChI=1S/C25H24N4O2/c1-25(2,3)31-24(30)28(20-15-9-5-10-16-20)23-22(19-13-7-4-8-14-19)26-27-29(23)21-17-11-6-12-18-21/h4-18H,1-3H3. The van der Waals surface area contributed by atoms with Crippen LogP contribution in [-0.4, -0.2) is 26.7 Å². The molecule has 0 N–H and O–H groups in total. The van der Waals surface area contributed by atoms with Crippen molar-refractivity contribution in [1.29, 1.82) is 0 Å². The number of para-hydroxylation sites is 2. The predicted molar refractivity (Wildman–Crippen MR) is 122 cm³/mol. The van der Waals surface area contributed by atoms with Gasteiger partial charge in [0.2, 0.25) is 0 Å². The van der Waals surface area contributed by atoms with E-state index in [0.717, 1.165) is 11.3 Å². The van der Waals surface area contributed by atoms with Crippen LogP contribution in [0, 0.1) is 0 Å². The highest BCUT2D eigenvalue weighted by molar-refractivity contribution is 5.99. The van der Waals surface area contributed by atoms with Crippen LogP contribution in [0.2, 0.25) is 0 Å². The summed E-state index contributed by atoms with van der Waals surface area (Å²) >= 11 is 0. The molecule has 0 aliphatic heterocycles. The molecule has 1 aromatic heterocycles. The van der Waals surface area contributed by atoms with Crippen molar-refractivity contribution in [2.75, 3.05) is 4.90 Å². The summed E-state index contributed by atoms with van der Waals surface area (Å²) in [5, 5.41) is 8.86. The molecule has 0 spiro atoms. The number of anilines is 2. The zero-order valence-corrected chi connectivity index (χ0v) is 17.8. The lowest BCUT2D eigenvalue weighted by molar-refractivity contribution is 0.0597. The number of amides is 1. The molecule has 4 aromatic rings. The van der Waals surface area contributed by atoms with E-state index in [-0.39, 0.29) is 0 Å². The maximum Gasteiger partial charge on any atom is 0.420 e. The number of hydrogen-bond donors (Lipinski definition) is 0. The van der Waals surface area contributed by atoms with Gasteiger partial charge in [-0.15, -0.1) is 5.10 Å². The van der Waals surface area contributed by atoms with Gasteiger partial charge in [0.1, 0.15) is 11.3 Å². The summed E-state index contributed by atoms with van der Waals surface area (Å²) in [6, 6.07) is 28.7. The smallest absolute Gasteiger partial charge is 0.420 e. The number of benzene rings is 3. The zero-order valence-electron chi connectivity index (χ0n) is 17.8. The molecule has 156 valence electrons. The van der Waals surface area contributed by atoms with Gasteiger partial charge in [0, 0.05) is 5.56 Å². The molecule has 0 aliphatic rings. The third-order valence-corrected chi connectivity index (χ3v) is 4.50. The van der Waals surface area contributed by atoms with Gasteiger partial charge in [-0.25, -0.2) is 9.69 Å². The normalized spacial score (nSPS) is 11.2. The largest absolute Gasteiger partial charge is 0.443 e. The fraction of sp³-hybridized carbons (Fsp3) is 0.160. The van der Waals surface area contributed by atoms with Gasteiger partial charge in [-0.3, -0.25) is 0 Å². The van der Waals surface area contributed by atoms with Gasteiger partial charge in [0.15, 0.2) is 5.82 Å².